The van der Waals surface area contributed by atoms with E-state index in [4.69, 9.17) is 14.7 Å². The largest absolute Gasteiger partial charge is 0.453 e. The van der Waals surface area contributed by atoms with E-state index in [9.17, 15) is 19.2 Å². The highest BCUT2D eigenvalue weighted by Crippen LogP contribution is 2.37. The number of imidazole rings is 2. The average molecular weight is 723 g/mol. The first-order valence-corrected chi connectivity index (χ1v) is 18.1. The van der Waals surface area contributed by atoms with Gasteiger partial charge >= 0.3 is 12.2 Å². The molecule has 2 unspecified atom stereocenters. The van der Waals surface area contributed by atoms with Crippen LogP contribution in [-0.4, -0.2) is 88.7 Å². The van der Waals surface area contributed by atoms with Crippen molar-refractivity contribution in [3.8, 4) is 23.1 Å². The van der Waals surface area contributed by atoms with Gasteiger partial charge in [-0.05, 0) is 80.3 Å². The number of hydrogen-bond acceptors (Lipinski definition) is 8. The summed E-state index contributed by atoms with van der Waals surface area (Å²) in [4.78, 5) is 67.0. The molecular formula is C39H46N8O6. The number of hydrogen-bond donors (Lipinski definition) is 5. The van der Waals surface area contributed by atoms with Crippen molar-refractivity contribution in [2.75, 3.05) is 33.9 Å². The van der Waals surface area contributed by atoms with Crippen LogP contribution in [0.15, 0.2) is 36.4 Å². The van der Waals surface area contributed by atoms with Crippen LogP contribution in [0.1, 0.15) is 79.6 Å². The fourth-order valence-corrected chi connectivity index (χ4v) is 6.89. The van der Waals surface area contributed by atoms with Gasteiger partial charge in [0.25, 0.3) is 0 Å². The van der Waals surface area contributed by atoms with E-state index >= 15 is 0 Å². The summed E-state index contributed by atoms with van der Waals surface area (Å²) in [5.41, 5.74) is 7.86. The van der Waals surface area contributed by atoms with Crippen molar-refractivity contribution < 1.29 is 28.7 Å². The maximum absolute atomic E-state index is 13.6. The van der Waals surface area contributed by atoms with Crippen molar-refractivity contribution >= 4 is 35.0 Å². The van der Waals surface area contributed by atoms with Crippen molar-refractivity contribution in [1.29, 1.82) is 0 Å². The quantitative estimate of drug-likeness (QED) is 0.112. The minimum atomic E-state index is -0.679. The summed E-state index contributed by atoms with van der Waals surface area (Å²) in [6.45, 7) is 4.82. The van der Waals surface area contributed by atoms with Crippen LogP contribution >= 0.6 is 0 Å². The molecule has 4 aromatic rings. The van der Waals surface area contributed by atoms with Gasteiger partial charge in [-0.1, -0.05) is 31.8 Å². The van der Waals surface area contributed by atoms with Gasteiger partial charge in [0.15, 0.2) is 0 Å². The molecule has 6 rings (SSSR count). The first kappa shape index (κ1) is 36.9. The first-order chi connectivity index (χ1) is 25.6. The lowest BCUT2D eigenvalue weighted by Gasteiger charge is -2.30. The molecule has 53 heavy (non-hydrogen) atoms. The van der Waals surface area contributed by atoms with Crippen LogP contribution in [0.25, 0.3) is 22.3 Å². The minimum Gasteiger partial charge on any atom is -0.453 e. The number of aromatic nitrogens is 4. The zero-order chi connectivity index (χ0) is 37.5. The summed E-state index contributed by atoms with van der Waals surface area (Å²) >= 11 is 0. The number of methoxy groups -OCH3 is 2. The maximum Gasteiger partial charge on any atom is 0.407 e. The van der Waals surface area contributed by atoms with Gasteiger partial charge < -0.3 is 40.3 Å². The number of unbranched alkanes of at least 4 members (excludes halogenated alkanes) is 1. The number of benzene rings is 2. The fraction of sp³-hybridized carbons (Fsp3) is 0.436. The highest BCUT2D eigenvalue weighted by Gasteiger charge is 2.38. The van der Waals surface area contributed by atoms with Gasteiger partial charge in [0.2, 0.25) is 11.8 Å². The number of aromatic amines is 2. The SMILES string of the molecule is COC(=O)NCC(=O)NCCCCc1nc2ccc(C#Cc3ccc4c(c3)CCc3[nH]c(C5CCCN5C(=O)C(NC(=O)OC)C(C)C)nc3-4)cc2[nH]1. The molecule has 5 N–H and O–H groups in total. The molecule has 2 aromatic carbocycles. The number of rotatable bonds is 11. The molecule has 0 saturated carbocycles. The third kappa shape index (κ3) is 8.80. The number of nitrogens with zero attached hydrogens (tertiary/aromatic N) is 3. The van der Waals surface area contributed by atoms with Gasteiger partial charge in [-0.2, -0.15) is 0 Å². The number of H-pyrrole nitrogens is 2. The van der Waals surface area contributed by atoms with E-state index in [-0.39, 0.29) is 30.3 Å². The molecule has 278 valence electrons. The monoisotopic (exact) mass is 722 g/mol. The van der Waals surface area contributed by atoms with Gasteiger partial charge in [-0.3, -0.25) is 9.59 Å². The zero-order valence-corrected chi connectivity index (χ0v) is 30.6. The molecular weight excluding hydrogens is 676 g/mol. The van der Waals surface area contributed by atoms with Gasteiger partial charge in [0.05, 0.1) is 43.5 Å². The maximum atomic E-state index is 13.6. The molecule has 14 heteroatoms. The van der Waals surface area contributed by atoms with Crippen molar-refractivity contribution in [3.05, 3.63) is 70.4 Å². The van der Waals surface area contributed by atoms with Crippen LogP contribution < -0.4 is 16.0 Å². The standard InChI is InChI=1S/C39H46N8O6/c1-23(2)34(46-39(51)53-4)37(49)47-19-7-8-31(47)36-44-29-17-14-26-20-24(12-15-27(26)35(29)45-36)10-11-25-13-16-28-30(21-25)43-32(42-28)9-5-6-18-40-33(48)22-41-38(50)52-3/h12-13,15-16,20-21,23,31,34H,5-9,14,17-19,22H2,1-4H3,(H,40,48)(H,41,50)(H,42,43)(H,44,45)(H,46,51). The Labute approximate surface area is 308 Å². The van der Waals surface area contributed by atoms with E-state index in [1.807, 2.05) is 43.0 Å². The van der Waals surface area contributed by atoms with Crippen LogP contribution in [0.4, 0.5) is 9.59 Å². The molecule has 2 aliphatic rings. The Bertz CT molecular complexity index is 2060. The van der Waals surface area contributed by atoms with Crippen LogP contribution in [0, 0.1) is 17.8 Å². The second-order valence-corrected chi connectivity index (χ2v) is 13.7. The second-order valence-electron chi connectivity index (χ2n) is 13.7. The normalized spacial score (nSPS) is 15.2. The van der Waals surface area contributed by atoms with E-state index in [1.54, 1.807) is 0 Å². The highest BCUT2D eigenvalue weighted by molar-refractivity contribution is 5.86. The van der Waals surface area contributed by atoms with E-state index in [2.05, 4.69) is 54.6 Å². The predicted octanol–water partition coefficient (Wildman–Crippen LogP) is 4.29. The number of nitrogens with one attached hydrogen (secondary N) is 5. The number of aryl methyl sites for hydroxylation is 3. The van der Waals surface area contributed by atoms with Gasteiger partial charge in [0, 0.05) is 41.9 Å². The number of ether oxygens (including phenoxy) is 2. The predicted molar refractivity (Wildman–Crippen MR) is 198 cm³/mol. The summed E-state index contributed by atoms with van der Waals surface area (Å²) in [5.74, 6) is 7.81. The highest BCUT2D eigenvalue weighted by atomic mass is 16.5. The molecule has 0 bridgehead atoms. The molecule has 1 aliphatic heterocycles. The molecule has 2 aromatic heterocycles. The van der Waals surface area contributed by atoms with Gasteiger partial charge in [-0.25, -0.2) is 19.6 Å². The number of likely N-dealkylation sites (tertiary alicyclic amines) is 1. The lowest BCUT2D eigenvalue weighted by atomic mass is 9.91. The van der Waals surface area contributed by atoms with Crippen LogP contribution in [0.3, 0.4) is 0 Å². The third-order valence-corrected chi connectivity index (χ3v) is 9.67. The zero-order valence-electron chi connectivity index (χ0n) is 30.6. The molecule has 2 atom stereocenters. The molecule has 0 spiro atoms. The summed E-state index contributed by atoms with van der Waals surface area (Å²) in [7, 11) is 2.54. The van der Waals surface area contributed by atoms with E-state index in [0.29, 0.717) is 13.1 Å². The molecule has 4 amide bonds. The van der Waals surface area contributed by atoms with Crippen LogP contribution in [0.5, 0.6) is 0 Å². The average Bonchev–Trinajstić information content (AvgIpc) is 3.92. The molecule has 1 fully saturated rings. The van der Waals surface area contributed by atoms with Crippen molar-refractivity contribution in [2.24, 2.45) is 5.92 Å². The van der Waals surface area contributed by atoms with Crippen molar-refractivity contribution in [2.45, 2.75) is 70.9 Å². The molecule has 14 nitrogen and oxygen atoms in total. The Hall–Kier alpha value is -5.84. The first-order valence-electron chi connectivity index (χ1n) is 18.1. The van der Waals surface area contributed by atoms with Gasteiger partial charge in [0.1, 0.15) is 17.7 Å². The summed E-state index contributed by atoms with van der Waals surface area (Å²) in [5, 5.41) is 7.84. The number of fused-ring (bicyclic) bond motifs is 4. The molecule has 1 saturated heterocycles. The van der Waals surface area contributed by atoms with Crippen molar-refractivity contribution in [3.63, 3.8) is 0 Å². The number of carbonyl (C=O) groups is 4. The Kier molecular flexibility index (Phi) is 11.6. The topological polar surface area (TPSA) is 183 Å². The van der Waals surface area contributed by atoms with E-state index < -0.39 is 18.2 Å². The van der Waals surface area contributed by atoms with Crippen molar-refractivity contribution in [1.82, 2.24) is 40.8 Å². The summed E-state index contributed by atoms with van der Waals surface area (Å²) in [6, 6.07) is 11.3. The third-order valence-electron chi connectivity index (χ3n) is 9.67. The summed E-state index contributed by atoms with van der Waals surface area (Å²) in [6.07, 6.45) is 4.43. The Morgan fingerprint density at radius 3 is 2.49 bits per heavy atom. The Morgan fingerprint density at radius 1 is 0.943 bits per heavy atom. The lowest BCUT2D eigenvalue weighted by molar-refractivity contribution is -0.135. The minimum absolute atomic E-state index is 0.0977. The Balaban J connectivity index is 1.07. The summed E-state index contributed by atoms with van der Waals surface area (Å²) < 4.78 is 9.23. The van der Waals surface area contributed by atoms with E-state index in [0.717, 1.165) is 95.7 Å². The number of amides is 4. The number of carbonyl (C=O) groups excluding carboxylic acids is 4. The second kappa shape index (κ2) is 16.7. The molecule has 0 radical (unpaired) electrons. The Morgan fingerprint density at radius 2 is 1.72 bits per heavy atom. The smallest absolute Gasteiger partial charge is 0.407 e. The number of alkyl carbamates (subject to hydrolysis) is 2. The van der Waals surface area contributed by atoms with Crippen LogP contribution in [-0.2, 0) is 38.3 Å². The fourth-order valence-electron chi connectivity index (χ4n) is 6.89. The lowest BCUT2D eigenvalue weighted by Crippen LogP contribution is -2.51. The molecule has 3 heterocycles. The van der Waals surface area contributed by atoms with E-state index in [1.165, 1.54) is 19.8 Å². The molecule has 1 aliphatic carbocycles. The van der Waals surface area contributed by atoms with Crippen LogP contribution in [0.2, 0.25) is 0 Å². The van der Waals surface area contributed by atoms with Gasteiger partial charge in [-0.15, -0.1) is 0 Å².